The Morgan fingerprint density at radius 2 is 1.04 bits per heavy atom. The summed E-state index contributed by atoms with van der Waals surface area (Å²) in [6.07, 6.45) is 19.9. The summed E-state index contributed by atoms with van der Waals surface area (Å²) < 4.78 is 4.14. The molecule has 12 heterocycles. The van der Waals surface area contributed by atoms with Gasteiger partial charge in [0.1, 0.15) is 34.3 Å². The number of anilines is 4. The molecule has 6 aromatic heterocycles. The molecule has 21 heteroatoms. The number of hydrogen-bond acceptors (Lipinski definition) is 15. The third-order valence-corrected chi connectivity index (χ3v) is 15.6. The Labute approximate surface area is 437 Å². The molecule has 3 amide bonds. The fraction of sp³-hybridized carbons (Fsp3) is 0.519. The number of rotatable bonds is 10. The van der Waals surface area contributed by atoms with Crippen LogP contribution in [0.25, 0.3) is 22.1 Å². The number of aromatic carboxylic acids is 1. The van der Waals surface area contributed by atoms with Crippen molar-refractivity contribution in [3.63, 3.8) is 0 Å². The predicted molar refractivity (Wildman–Crippen MR) is 286 cm³/mol. The fourth-order valence-electron chi connectivity index (χ4n) is 11.5. The lowest BCUT2D eigenvalue weighted by atomic mass is 10.0. The van der Waals surface area contributed by atoms with Crippen molar-refractivity contribution in [2.24, 2.45) is 0 Å². The number of fused-ring (bicyclic) bond motifs is 10. The van der Waals surface area contributed by atoms with Gasteiger partial charge in [-0.1, -0.05) is 25.7 Å². The highest BCUT2D eigenvalue weighted by molar-refractivity contribution is 5.99. The maximum Gasteiger partial charge on any atom is 0.337 e. The molecule has 75 heavy (non-hydrogen) atoms. The van der Waals surface area contributed by atoms with Crippen molar-refractivity contribution >= 4 is 69.3 Å². The maximum absolute atomic E-state index is 13.2. The number of aromatic nitrogens is 8. The van der Waals surface area contributed by atoms with E-state index in [2.05, 4.69) is 55.2 Å². The molecule has 0 unspecified atom stereocenters. The van der Waals surface area contributed by atoms with Gasteiger partial charge < -0.3 is 54.7 Å². The lowest BCUT2D eigenvalue weighted by Gasteiger charge is -2.31. The summed E-state index contributed by atoms with van der Waals surface area (Å²) in [7, 11) is 7.02. The quantitative estimate of drug-likeness (QED) is 0.116. The zero-order valence-corrected chi connectivity index (χ0v) is 43.6. The molecule has 6 saturated heterocycles. The minimum atomic E-state index is -1.03. The van der Waals surface area contributed by atoms with Gasteiger partial charge in [0.05, 0.1) is 11.1 Å². The maximum atomic E-state index is 13.2. The molecule has 6 aromatic rings. The molecule has 4 N–H and O–H groups in total. The topological polar surface area (TPSA) is 228 Å². The highest BCUT2D eigenvalue weighted by atomic mass is 16.4. The zero-order valence-electron chi connectivity index (χ0n) is 43.6. The van der Waals surface area contributed by atoms with Crippen LogP contribution in [0.3, 0.4) is 0 Å². The van der Waals surface area contributed by atoms with E-state index in [1.54, 1.807) is 68.7 Å². The van der Waals surface area contributed by atoms with Crippen molar-refractivity contribution in [3.05, 3.63) is 83.7 Å². The molecule has 0 radical (unpaired) electrons. The number of hydrogen-bond donors (Lipinski definition) is 4. The standard InChI is InChI=1S/C27H34N8O2.C20H22N6O3.C7H14N2/c1-32(2)26(37)22-15-19-17-29-27(31-24(19)35(22)21-5-3-4-6-21)30-23-8-7-18(16-28-23)25(36)34-14-13-33-11-9-20(34)10-12-33;1-25(2)18(27)15-9-13-11-22-20(23-16-8-7-12(10-21-16)19(28)29)24-17(13)26(15)14-5-3-4-6-14;1-4-9-5-2-7(1)8-3-6-9/h7-8,15-17,20-21H,3-6,9-14H2,1-2H3,(H,28,29,30,31);7-11,14H,3-6H2,1-2H3,(H,28,29)(H,21,22,23,24);7-8H,1-6H2. The first-order chi connectivity index (χ1) is 36.4. The number of piperidine rings is 2. The van der Waals surface area contributed by atoms with Gasteiger partial charge >= 0.3 is 5.97 Å². The van der Waals surface area contributed by atoms with E-state index in [1.165, 1.54) is 51.3 Å². The van der Waals surface area contributed by atoms with Crippen LogP contribution in [0.15, 0.2) is 61.2 Å². The number of carbonyl (C=O) groups is 4. The van der Waals surface area contributed by atoms with Gasteiger partial charge in [0.15, 0.2) is 0 Å². The van der Waals surface area contributed by atoms with Gasteiger partial charge in [-0.3, -0.25) is 14.4 Å². The van der Waals surface area contributed by atoms with E-state index >= 15 is 0 Å². The summed E-state index contributed by atoms with van der Waals surface area (Å²) >= 11 is 0. The van der Waals surface area contributed by atoms with Crippen LogP contribution < -0.4 is 16.0 Å². The minimum absolute atomic E-state index is 0.0314. The molecule has 396 valence electrons. The lowest BCUT2D eigenvalue weighted by molar-refractivity contribution is 0.0679. The molecule has 6 aliphatic heterocycles. The molecule has 0 spiro atoms. The SMILES string of the molecule is C1CN2CCC(CC2)N1.CN(C)C(=O)c1cc2cnc(Nc3ccc(C(=O)N4CCN5CCC4CC5)cn3)nc2n1C1CCCC1.CN(C)C(=O)c1cc2cnc(Nc3ccc(C(=O)O)cn3)nc2n1C1CCCC1. The number of nitrogens with zero attached hydrogens (tertiary/aromatic N) is 13. The van der Waals surface area contributed by atoms with Crippen molar-refractivity contribution < 1.29 is 24.3 Å². The number of carboxylic acid groups (broad SMARTS) is 1. The zero-order chi connectivity index (χ0) is 52.2. The van der Waals surface area contributed by atoms with Crippen LogP contribution in [0, 0.1) is 0 Å². The Kier molecular flexibility index (Phi) is 15.6. The van der Waals surface area contributed by atoms with Gasteiger partial charge in [-0.25, -0.2) is 24.7 Å². The van der Waals surface area contributed by atoms with Crippen molar-refractivity contribution in [1.82, 2.24) is 68.9 Å². The lowest BCUT2D eigenvalue weighted by Crippen LogP contribution is -2.41. The van der Waals surface area contributed by atoms with Gasteiger partial charge in [0.25, 0.3) is 17.7 Å². The summed E-state index contributed by atoms with van der Waals surface area (Å²) in [6.45, 7) is 9.02. The highest BCUT2D eigenvalue weighted by Gasteiger charge is 2.33. The van der Waals surface area contributed by atoms with Crippen LogP contribution in [-0.2, 0) is 0 Å². The molecule has 0 atom stereocenters. The predicted octanol–water partition coefficient (Wildman–Crippen LogP) is 6.45. The number of carbonyl (C=O) groups excluding carboxylic acids is 3. The Balaban J connectivity index is 0.000000149. The van der Waals surface area contributed by atoms with Gasteiger partial charge in [-0.15, -0.1) is 0 Å². The van der Waals surface area contributed by atoms with Gasteiger partial charge in [0, 0.05) is 127 Å². The fourth-order valence-corrected chi connectivity index (χ4v) is 11.5. The van der Waals surface area contributed by atoms with E-state index in [0.29, 0.717) is 52.2 Å². The Hall–Kier alpha value is -7.10. The monoisotopic (exact) mass is 1020 g/mol. The second kappa shape index (κ2) is 22.8. The summed E-state index contributed by atoms with van der Waals surface area (Å²) in [4.78, 5) is 86.9. The van der Waals surface area contributed by atoms with Gasteiger partial charge in [-0.05, 0) is 101 Å². The summed E-state index contributed by atoms with van der Waals surface area (Å²) in [5.74, 6) is 0.701. The summed E-state index contributed by atoms with van der Waals surface area (Å²) in [5, 5.41) is 20.4. The molecule has 8 aliphatic rings. The first kappa shape index (κ1) is 51.4. The van der Waals surface area contributed by atoms with E-state index in [-0.39, 0.29) is 35.4 Å². The van der Waals surface area contributed by atoms with Crippen LogP contribution in [0.5, 0.6) is 0 Å². The average Bonchev–Trinajstić information content (AvgIpc) is 4.18. The largest absolute Gasteiger partial charge is 0.478 e. The third kappa shape index (κ3) is 11.6. The summed E-state index contributed by atoms with van der Waals surface area (Å²) in [5.41, 5.74) is 3.44. The van der Waals surface area contributed by atoms with Crippen molar-refractivity contribution in [3.8, 4) is 0 Å². The van der Waals surface area contributed by atoms with E-state index in [0.717, 1.165) is 113 Å². The first-order valence-corrected chi connectivity index (χ1v) is 26.7. The normalized spacial score (nSPS) is 21.4. The van der Waals surface area contributed by atoms with Crippen LogP contribution >= 0.6 is 0 Å². The Morgan fingerprint density at radius 3 is 1.51 bits per heavy atom. The second-order valence-corrected chi connectivity index (χ2v) is 21.1. The molecule has 0 aromatic carbocycles. The molecule has 2 saturated carbocycles. The van der Waals surface area contributed by atoms with Crippen LogP contribution in [-0.4, -0.2) is 185 Å². The second-order valence-electron chi connectivity index (χ2n) is 21.1. The summed E-state index contributed by atoms with van der Waals surface area (Å²) in [6, 6.07) is 12.1. The van der Waals surface area contributed by atoms with E-state index < -0.39 is 5.97 Å². The van der Waals surface area contributed by atoms with Crippen molar-refractivity contribution in [2.75, 3.05) is 91.2 Å². The molecule has 4 bridgehead atoms. The van der Waals surface area contributed by atoms with Crippen LogP contribution in [0.4, 0.5) is 23.5 Å². The van der Waals surface area contributed by atoms with Crippen LogP contribution in [0.1, 0.15) is 131 Å². The number of nitrogens with one attached hydrogen (secondary N) is 3. The number of carboxylic acids is 1. The number of pyridine rings is 2. The van der Waals surface area contributed by atoms with Crippen molar-refractivity contribution in [2.45, 2.75) is 101 Å². The Bertz CT molecular complexity index is 2960. The van der Waals surface area contributed by atoms with Crippen molar-refractivity contribution in [1.29, 1.82) is 0 Å². The van der Waals surface area contributed by atoms with Gasteiger partial charge in [-0.2, -0.15) is 9.97 Å². The third-order valence-electron chi connectivity index (χ3n) is 15.6. The average molecular weight is 1020 g/mol. The molecular weight excluding hydrogens is 953 g/mol. The number of amides is 3. The minimum Gasteiger partial charge on any atom is -0.478 e. The first-order valence-electron chi connectivity index (χ1n) is 26.7. The van der Waals surface area contributed by atoms with E-state index in [1.807, 2.05) is 27.7 Å². The van der Waals surface area contributed by atoms with Gasteiger partial charge in [0.2, 0.25) is 11.9 Å². The molecule has 8 fully saturated rings. The Morgan fingerprint density at radius 1 is 0.560 bits per heavy atom. The van der Waals surface area contributed by atoms with E-state index in [4.69, 9.17) is 10.1 Å². The molecule has 21 nitrogen and oxygen atoms in total. The molecule has 14 rings (SSSR count). The smallest absolute Gasteiger partial charge is 0.337 e. The molecular formula is C54H70N16O5. The van der Waals surface area contributed by atoms with E-state index in [9.17, 15) is 19.2 Å². The highest BCUT2D eigenvalue weighted by Crippen LogP contribution is 2.37. The molecule has 2 aliphatic carbocycles. The van der Waals surface area contributed by atoms with Crippen LogP contribution in [0.2, 0.25) is 0 Å².